The average Bonchev–Trinajstić information content (AvgIpc) is 3.06. The van der Waals surface area contributed by atoms with E-state index < -0.39 is 12.0 Å². The molecular formula is C17H16N2O4. The number of aromatic nitrogens is 1. The SMILES string of the molecule is O=C(O)[C@H]1CCCN1C(=O)c1ccc(Oc2cccnc2)cc1. The molecule has 2 aromatic rings. The fourth-order valence-corrected chi connectivity index (χ4v) is 2.64. The molecule has 1 amide bonds. The quantitative estimate of drug-likeness (QED) is 0.938. The Morgan fingerprint density at radius 1 is 1.17 bits per heavy atom. The topological polar surface area (TPSA) is 79.7 Å². The summed E-state index contributed by atoms with van der Waals surface area (Å²) in [5.41, 5.74) is 0.455. The van der Waals surface area contributed by atoms with Crippen molar-refractivity contribution in [3.8, 4) is 11.5 Å². The highest BCUT2D eigenvalue weighted by atomic mass is 16.5. The van der Waals surface area contributed by atoms with Crippen LogP contribution >= 0.6 is 0 Å². The van der Waals surface area contributed by atoms with Gasteiger partial charge in [0, 0.05) is 18.3 Å². The number of pyridine rings is 1. The van der Waals surface area contributed by atoms with E-state index in [0.717, 1.165) is 0 Å². The zero-order chi connectivity index (χ0) is 16.2. The van der Waals surface area contributed by atoms with Crippen molar-refractivity contribution in [1.29, 1.82) is 0 Å². The van der Waals surface area contributed by atoms with E-state index in [4.69, 9.17) is 9.84 Å². The van der Waals surface area contributed by atoms with Gasteiger partial charge in [0.1, 0.15) is 17.5 Å². The van der Waals surface area contributed by atoms with E-state index in [9.17, 15) is 9.59 Å². The van der Waals surface area contributed by atoms with Crippen LogP contribution in [0.3, 0.4) is 0 Å². The maximum atomic E-state index is 12.4. The minimum atomic E-state index is -0.951. The Labute approximate surface area is 133 Å². The lowest BCUT2D eigenvalue weighted by Crippen LogP contribution is -2.40. The summed E-state index contributed by atoms with van der Waals surface area (Å²) < 4.78 is 5.62. The highest BCUT2D eigenvalue weighted by Gasteiger charge is 2.34. The first-order chi connectivity index (χ1) is 11.1. The molecule has 2 heterocycles. The van der Waals surface area contributed by atoms with Crippen molar-refractivity contribution in [2.75, 3.05) is 6.54 Å². The number of carbonyl (C=O) groups excluding carboxylic acids is 1. The molecule has 3 rings (SSSR count). The van der Waals surface area contributed by atoms with Crippen LogP contribution in [-0.4, -0.2) is 39.5 Å². The van der Waals surface area contributed by atoms with Crippen LogP contribution < -0.4 is 4.74 Å². The van der Waals surface area contributed by atoms with E-state index in [-0.39, 0.29) is 5.91 Å². The molecule has 1 fully saturated rings. The lowest BCUT2D eigenvalue weighted by Gasteiger charge is -2.21. The Morgan fingerprint density at radius 3 is 2.61 bits per heavy atom. The molecule has 1 aliphatic rings. The number of likely N-dealkylation sites (tertiary alicyclic amines) is 1. The summed E-state index contributed by atoms with van der Waals surface area (Å²) in [7, 11) is 0. The Bertz CT molecular complexity index is 700. The lowest BCUT2D eigenvalue weighted by atomic mass is 10.1. The summed E-state index contributed by atoms with van der Waals surface area (Å²) in [5, 5.41) is 9.17. The smallest absolute Gasteiger partial charge is 0.326 e. The summed E-state index contributed by atoms with van der Waals surface area (Å²) in [6, 6.07) is 9.49. The predicted octanol–water partition coefficient (Wildman–Crippen LogP) is 2.56. The molecule has 6 heteroatoms. The Kier molecular flexibility index (Phi) is 4.23. The Morgan fingerprint density at radius 2 is 1.96 bits per heavy atom. The van der Waals surface area contributed by atoms with Crippen molar-refractivity contribution in [3.05, 3.63) is 54.4 Å². The number of carboxylic acid groups (broad SMARTS) is 1. The molecule has 6 nitrogen and oxygen atoms in total. The van der Waals surface area contributed by atoms with Gasteiger partial charge in [0.2, 0.25) is 0 Å². The first-order valence-electron chi connectivity index (χ1n) is 7.37. The molecule has 1 aromatic heterocycles. The molecule has 0 bridgehead atoms. The summed E-state index contributed by atoms with van der Waals surface area (Å²) in [6.45, 7) is 0.476. The standard InChI is InChI=1S/C17H16N2O4/c20-16(19-10-2-4-15(19)17(21)22)12-5-7-13(8-6-12)23-14-3-1-9-18-11-14/h1,3,5-9,11,15H,2,4,10H2,(H,21,22)/t15-/m1/s1. The van der Waals surface area contributed by atoms with Gasteiger partial charge in [-0.15, -0.1) is 0 Å². The van der Waals surface area contributed by atoms with Crippen molar-refractivity contribution in [2.24, 2.45) is 0 Å². The van der Waals surface area contributed by atoms with Crippen molar-refractivity contribution in [2.45, 2.75) is 18.9 Å². The monoisotopic (exact) mass is 312 g/mol. The molecule has 0 saturated carbocycles. The predicted molar refractivity (Wildman–Crippen MR) is 82.4 cm³/mol. The van der Waals surface area contributed by atoms with Crippen molar-refractivity contribution in [1.82, 2.24) is 9.88 Å². The molecule has 1 aromatic carbocycles. The number of rotatable bonds is 4. The van der Waals surface area contributed by atoms with Crippen molar-refractivity contribution in [3.63, 3.8) is 0 Å². The van der Waals surface area contributed by atoms with Crippen LogP contribution in [0, 0.1) is 0 Å². The van der Waals surface area contributed by atoms with Gasteiger partial charge in [-0.2, -0.15) is 0 Å². The zero-order valence-corrected chi connectivity index (χ0v) is 12.4. The summed E-state index contributed by atoms with van der Waals surface area (Å²) in [6.07, 6.45) is 4.47. The molecular weight excluding hydrogens is 296 g/mol. The Balaban J connectivity index is 1.72. The molecule has 0 spiro atoms. The lowest BCUT2D eigenvalue weighted by molar-refractivity contribution is -0.141. The normalized spacial score (nSPS) is 17.0. The third-order valence-corrected chi connectivity index (χ3v) is 3.77. The second-order valence-electron chi connectivity index (χ2n) is 5.31. The minimum Gasteiger partial charge on any atom is -0.480 e. The third-order valence-electron chi connectivity index (χ3n) is 3.77. The van der Waals surface area contributed by atoms with Crippen LogP contribution in [0.5, 0.6) is 11.5 Å². The van der Waals surface area contributed by atoms with Crippen molar-refractivity contribution >= 4 is 11.9 Å². The van der Waals surface area contributed by atoms with Crippen LogP contribution in [0.2, 0.25) is 0 Å². The number of nitrogens with zero attached hydrogens (tertiary/aromatic N) is 2. The van der Waals surface area contributed by atoms with E-state index in [0.29, 0.717) is 36.4 Å². The number of carbonyl (C=O) groups is 2. The Hall–Kier alpha value is -2.89. The number of benzene rings is 1. The number of ether oxygens (including phenoxy) is 1. The van der Waals surface area contributed by atoms with Gasteiger partial charge in [0.25, 0.3) is 5.91 Å². The molecule has 1 aliphatic heterocycles. The van der Waals surface area contributed by atoms with Gasteiger partial charge in [-0.1, -0.05) is 0 Å². The maximum absolute atomic E-state index is 12.4. The highest BCUT2D eigenvalue weighted by molar-refractivity contribution is 5.97. The molecule has 1 N–H and O–H groups in total. The van der Waals surface area contributed by atoms with Crippen molar-refractivity contribution < 1.29 is 19.4 Å². The van der Waals surface area contributed by atoms with Crippen LogP contribution in [0.4, 0.5) is 0 Å². The van der Waals surface area contributed by atoms with Gasteiger partial charge >= 0.3 is 5.97 Å². The second-order valence-corrected chi connectivity index (χ2v) is 5.31. The summed E-state index contributed by atoms with van der Waals surface area (Å²) >= 11 is 0. The number of carboxylic acids is 1. The number of aliphatic carboxylic acids is 1. The third kappa shape index (κ3) is 3.31. The van der Waals surface area contributed by atoms with Crippen LogP contribution in [0.1, 0.15) is 23.2 Å². The zero-order valence-electron chi connectivity index (χ0n) is 12.4. The fraction of sp³-hybridized carbons (Fsp3) is 0.235. The molecule has 0 aliphatic carbocycles. The van der Waals surface area contributed by atoms with Gasteiger partial charge < -0.3 is 14.7 Å². The number of hydrogen-bond acceptors (Lipinski definition) is 4. The summed E-state index contributed by atoms with van der Waals surface area (Å²) in [4.78, 5) is 29.0. The van der Waals surface area contributed by atoms with Crippen LogP contribution in [0.15, 0.2) is 48.8 Å². The van der Waals surface area contributed by atoms with Gasteiger partial charge in [0.05, 0.1) is 6.20 Å². The molecule has 23 heavy (non-hydrogen) atoms. The van der Waals surface area contributed by atoms with Gasteiger partial charge in [-0.3, -0.25) is 9.78 Å². The van der Waals surface area contributed by atoms with Crippen LogP contribution in [0.25, 0.3) is 0 Å². The molecule has 0 radical (unpaired) electrons. The van der Waals surface area contributed by atoms with Gasteiger partial charge in [-0.05, 0) is 49.2 Å². The number of hydrogen-bond donors (Lipinski definition) is 1. The number of amides is 1. The largest absolute Gasteiger partial charge is 0.480 e. The van der Waals surface area contributed by atoms with E-state index in [1.807, 2.05) is 0 Å². The van der Waals surface area contributed by atoms with E-state index in [2.05, 4.69) is 4.98 Å². The van der Waals surface area contributed by atoms with E-state index >= 15 is 0 Å². The second kappa shape index (κ2) is 6.48. The molecule has 1 saturated heterocycles. The van der Waals surface area contributed by atoms with Gasteiger partial charge in [0.15, 0.2) is 0 Å². The maximum Gasteiger partial charge on any atom is 0.326 e. The van der Waals surface area contributed by atoms with Gasteiger partial charge in [-0.25, -0.2) is 4.79 Å². The fourth-order valence-electron chi connectivity index (χ4n) is 2.64. The first-order valence-corrected chi connectivity index (χ1v) is 7.37. The highest BCUT2D eigenvalue weighted by Crippen LogP contribution is 2.23. The van der Waals surface area contributed by atoms with E-state index in [1.54, 1.807) is 48.8 Å². The van der Waals surface area contributed by atoms with Crippen LogP contribution in [-0.2, 0) is 4.79 Å². The van der Waals surface area contributed by atoms with E-state index in [1.165, 1.54) is 4.90 Å². The molecule has 118 valence electrons. The first kappa shape index (κ1) is 15.0. The minimum absolute atomic E-state index is 0.261. The molecule has 1 atom stereocenters. The summed E-state index contributed by atoms with van der Waals surface area (Å²) in [5.74, 6) is -0.0157. The molecule has 0 unspecified atom stereocenters. The average molecular weight is 312 g/mol.